The molecule has 1 saturated heterocycles. The van der Waals surface area contributed by atoms with Crippen LogP contribution in [0.4, 0.5) is 13.2 Å². The number of carbonyl (C=O) groups is 2. The zero-order chi connectivity index (χ0) is 28.8. The molecule has 3 unspecified atom stereocenters. The molecule has 4 atom stereocenters. The van der Waals surface area contributed by atoms with Crippen LogP contribution in [0.2, 0.25) is 0 Å². The second kappa shape index (κ2) is 12.5. The highest BCUT2D eigenvalue weighted by Crippen LogP contribution is 2.46. The van der Waals surface area contributed by atoms with Gasteiger partial charge in [-0.25, -0.2) is 0 Å². The van der Waals surface area contributed by atoms with E-state index in [1.54, 1.807) is 19.1 Å². The summed E-state index contributed by atoms with van der Waals surface area (Å²) in [5, 5.41) is 10.7. The molecule has 210 valence electrons. The summed E-state index contributed by atoms with van der Waals surface area (Å²) in [7, 11) is 1.50. The molecule has 0 amide bonds. The van der Waals surface area contributed by atoms with Gasteiger partial charge >= 0.3 is 12.1 Å². The van der Waals surface area contributed by atoms with Crippen molar-refractivity contribution < 1.29 is 42.1 Å². The highest BCUT2D eigenvalue weighted by molar-refractivity contribution is 5.74. The summed E-state index contributed by atoms with van der Waals surface area (Å²) in [5.74, 6) is 5.78. The lowest BCUT2D eigenvalue weighted by Gasteiger charge is -2.34. The molecule has 0 aromatic heterocycles. The highest BCUT2D eigenvalue weighted by atomic mass is 19.4. The van der Waals surface area contributed by atoms with Crippen LogP contribution < -0.4 is 9.47 Å². The van der Waals surface area contributed by atoms with Gasteiger partial charge in [0, 0.05) is 30.0 Å². The molecule has 0 aliphatic carbocycles. The van der Waals surface area contributed by atoms with Crippen LogP contribution in [0.3, 0.4) is 0 Å². The van der Waals surface area contributed by atoms with E-state index < -0.39 is 35.3 Å². The summed E-state index contributed by atoms with van der Waals surface area (Å²) < 4.78 is 54.6. The average Bonchev–Trinajstić information content (AvgIpc) is 3.23. The Labute approximate surface area is 225 Å². The van der Waals surface area contributed by atoms with Gasteiger partial charge < -0.3 is 19.3 Å². The van der Waals surface area contributed by atoms with Crippen LogP contribution in [0.15, 0.2) is 42.5 Å². The van der Waals surface area contributed by atoms with Gasteiger partial charge in [-0.05, 0) is 55.8 Å². The third kappa shape index (κ3) is 7.52. The Balaban J connectivity index is 1.75. The van der Waals surface area contributed by atoms with Gasteiger partial charge in [-0.2, -0.15) is 13.2 Å². The SMILES string of the molecule is COc1ccc(C2CN(CC(=O)O[C@@H](C)C=O)CC2(C)C(C)O)cc1OCC#Cc1ccc(C(F)(F)F)cc1. The van der Waals surface area contributed by atoms with Crippen molar-refractivity contribution in [1.82, 2.24) is 4.90 Å². The third-order valence-electron chi connectivity index (χ3n) is 6.95. The standard InChI is InChI=1S/C29H32F3NO6/c1-19(17-34)39-27(36)16-33-15-24(28(3,18-33)20(2)35)22-9-12-25(37-4)26(14-22)38-13-5-6-21-7-10-23(11-8-21)29(30,31)32/h7-12,14,17,19-20,24,35H,13,15-16,18H2,1-4H3/t19-,20?,24?,28?/m0/s1. The lowest BCUT2D eigenvalue weighted by atomic mass is 9.72. The molecule has 1 aliphatic heterocycles. The molecule has 1 fully saturated rings. The minimum absolute atomic E-state index is 0.0178. The van der Waals surface area contributed by atoms with E-state index in [1.165, 1.54) is 26.2 Å². The van der Waals surface area contributed by atoms with Gasteiger partial charge in [0.2, 0.25) is 0 Å². The van der Waals surface area contributed by atoms with Crippen molar-refractivity contribution in [2.75, 3.05) is 33.4 Å². The molecule has 0 bridgehead atoms. The summed E-state index contributed by atoms with van der Waals surface area (Å²) in [6.45, 7) is 5.99. The molecule has 2 aromatic rings. The number of likely N-dealkylation sites (tertiary alicyclic amines) is 1. The molecule has 0 saturated carbocycles. The zero-order valence-corrected chi connectivity index (χ0v) is 22.2. The van der Waals surface area contributed by atoms with Crippen molar-refractivity contribution >= 4 is 12.3 Å². The van der Waals surface area contributed by atoms with E-state index in [0.717, 1.165) is 17.7 Å². The van der Waals surface area contributed by atoms with Crippen molar-refractivity contribution in [3.63, 3.8) is 0 Å². The summed E-state index contributed by atoms with van der Waals surface area (Å²) in [6, 6.07) is 9.98. The summed E-state index contributed by atoms with van der Waals surface area (Å²) in [4.78, 5) is 25.0. The van der Waals surface area contributed by atoms with Crippen molar-refractivity contribution in [3.8, 4) is 23.3 Å². The number of aliphatic hydroxyl groups is 1. The topological polar surface area (TPSA) is 85.3 Å². The number of benzene rings is 2. The van der Waals surface area contributed by atoms with Gasteiger partial charge in [-0.15, -0.1) is 0 Å². The first-order valence-corrected chi connectivity index (χ1v) is 12.4. The molecule has 7 nitrogen and oxygen atoms in total. The Kier molecular flexibility index (Phi) is 9.64. The Morgan fingerprint density at radius 1 is 1.21 bits per heavy atom. The van der Waals surface area contributed by atoms with Gasteiger partial charge in [0.15, 0.2) is 23.9 Å². The number of alkyl halides is 3. The molecule has 10 heteroatoms. The number of esters is 1. The number of halogens is 3. The number of nitrogens with zero attached hydrogens (tertiary/aromatic N) is 1. The smallest absolute Gasteiger partial charge is 0.416 e. The van der Waals surface area contributed by atoms with Crippen LogP contribution in [-0.4, -0.2) is 67.8 Å². The Morgan fingerprint density at radius 2 is 1.90 bits per heavy atom. The van der Waals surface area contributed by atoms with Crippen LogP contribution >= 0.6 is 0 Å². The van der Waals surface area contributed by atoms with E-state index in [0.29, 0.717) is 36.4 Å². The number of rotatable bonds is 9. The van der Waals surface area contributed by atoms with Crippen LogP contribution in [0.25, 0.3) is 0 Å². The monoisotopic (exact) mass is 547 g/mol. The minimum Gasteiger partial charge on any atom is -0.493 e. The Bertz CT molecular complexity index is 1220. The fourth-order valence-electron chi connectivity index (χ4n) is 4.63. The number of methoxy groups -OCH3 is 1. The van der Waals surface area contributed by atoms with Crippen molar-refractivity contribution in [1.29, 1.82) is 0 Å². The van der Waals surface area contributed by atoms with Crippen LogP contribution in [0, 0.1) is 17.3 Å². The third-order valence-corrected chi connectivity index (χ3v) is 6.95. The lowest BCUT2D eigenvalue weighted by Crippen LogP contribution is -2.38. The first-order valence-electron chi connectivity index (χ1n) is 12.4. The lowest BCUT2D eigenvalue weighted by molar-refractivity contribution is -0.151. The maximum Gasteiger partial charge on any atom is 0.416 e. The van der Waals surface area contributed by atoms with E-state index in [1.807, 2.05) is 17.9 Å². The highest BCUT2D eigenvalue weighted by Gasteiger charge is 2.47. The maximum atomic E-state index is 12.7. The van der Waals surface area contributed by atoms with E-state index >= 15 is 0 Å². The van der Waals surface area contributed by atoms with Crippen LogP contribution in [-0.2, 0) is 20.5 Å². The molecule has 2 aromatic carbocycles. The molecular weight excluding hydrogens is 515 g/mol. The fourth-order valence-corrected chi connectivity index (χ4v) is 4.63. The average molecular weight is 548 g/mol. The van der Waals surface area contributed by atoms with Crippen LogP contribution in [0.5, 0.6) is 11.5 Å². The van der Waals surface area contributed by atoms with E-state index in [-0.39, 0.29) is 19.1 Å². The van der Waals surface area contributed by atoms with Crippen molar-refractivity contribution in [2.45, 2.75) is 45.1 Å². The van der Waals surface area contributed by atoms with Gasteiger partial charge in [-0.1, -0.05) is 24.8 Å². The first kappa shape index (κ1) is 30.0. The Hall–Kier alpha value is -3.55. The Morgan fingerprint density at radius 3 is 2.49 bits per heavy atom. The van der Waals surface area contributed by atoms with Gasteiger partial charge in [0.05, 0.1) is 25.3 Å². The predicted molar refractivity (Wildman–Crippen MR) is 137 cm³/mol. The predicted octanol–water partition coefficient (Wildman–Crippen LogP) is 4.06. The van der Waals surface area contributed by atoms with Crippen LogP contribution in [0.1, 0.15) is 43.4 Å². The molecular formula is C29H32F3NO6. The first-order chi connectivity index (χ1) is 18.4. The van der Waals surface area contributed by atoms with E-state index in [4.69, 9.17) is 14.2 Å². The number of hydrogen-bond donors (Lipinski definition) is 1. The summed E-state index contributed by atoms with van der Waals surface area (Å²) >= 11 is 0. The number of aldehydes is 1. The number of hydrogen-bond acceptors (Lipinski definition) is 7. The van der Waals surface area contributed by atoms with E-state index in [9.17, 15) is 27.9 Å². The molecule has 0 spiro atoms. The molecule has 1 heterocycles. The number of ether oxygens (including phenoxy) is 3. The maximum absolute atomic E-state index is 12.7. The summed E-state index contributed by atoms with van der Waals surface area (Å²) in [5.41, 5.74) is -0.0489. The number of aliphatic hydroxyl groups excluding tert-OH is 1. The molecule has 3 rings (SSSR count). The normalized spacial score (nSPS) is 20.9. The molecule has 0 radical (unpaired) electrons. The molecule has 1 aliphatic rings. The summed E-state index contributed by atoms with van der Waals surface area (Å²) in [6.07, 6.45) is -5.38. The van der Waals surface area contributed by atoms with E-state index in [2.05, 4.69) is 11.8 Å². The van der Waals surface area contributed by atoms with Crippen molar-refractivity contribution in [2.24, 2.45) is 5.41 Å². The fraction of sp³-hybridized carbons (Fsp3) is 0.448. The van der Waals surface area contributed by atoms with Gasteiger partial charge in [-0.3, -0.25) is 14.5 Å². The number of carbonyl (C=O) groups excluding carboxylic acids is 2. The quantitative estimate of drug-likeness (QED) is 0.288. The van der Waals surface area contributed by atoms with Gasteiger partial charge in [0.1, 0.15) is 6.61 Å². The van der Waals surface area contributed by atoms with Gasteiger partial charge in [0.25, 0.3) is 0 Å². The molecule has 1 N–H and O–H groups in total. The van der Waals surface area contributed by atoms with Crippen molar-refractivity contribution in [3.05, 3.63) is 59.2 Å². The largest absolute Gasteiger partial charge is 0.493 e. The second-order valence-corrected chi connectivity index (χ2v) is 9.81. The molecule has 39 heavy (non-hydrogen) atoms. The minimum atomic E-state index is -4.41. The zero-order valence-electron chi connectivity index (χ0n) is 22.2. The second-order valence-electron chi connectivity index (χ2n) is 9.81.